The molecule has 2 N–H and O–H groups in total. The van der Waals surface area contributed by atoms with E-state index in [2.05, 4.69) is 20.6 Å². The number of sulfonamides is 1. The van der Waals surface area contributed by atoms with Crippen LogP contribution < -0.4 is 10.6 Å². The second kappa shape index (κ2) is 10.9. The Balaban J connectivity index is 0.00000320. The van der Waals surface area contributed by atoms with Gasteiger partial charge < -0.3 is 15.1 Å². The van der Waals surface area contributed by atoms with E-state index < -0.39 is 10.0 Å². The van der Waals surface area contributed by atoms with Crippen LogP contribution in [0.1, 0.15) is 10.6 Å². The SMILES string of the molecule is CN=C(NCc1coc(-c2ccccc2)n1)NCc1ccc(S(=O)(=O)N(C)C)s1.I. The Morgan fingerprint density at radius 1 is 1.13 bits per heavy atom. The van der Waals surface area contributed by atoms with E-state index in [1.54, 1.807) is 25.4 Å². The predicted octanol–water partition coefficient (Wildman–Crippen LogP) is 3.14. The fourth-order valence-corrected chi connectivity index (χ4v) is 4.90. The van der Waals surface area contributed by atoms with Gasteiger partial charge in [0, 0.05) is 31.6 Å². The average molecular weight is 561 g/mol. The Bertz CT molecular complexity index is 1080. The van der Waals surface area contributed by atoms with E-state index in [0.29, 0.717) is 29.1 Å². The van der Waals surface area contributed by atoms with Crippen molar-refractivity contribution in [1.82, 2.24) is 19.9 Å². The minimum atomic E-state index is -3.41. The molecule has 0 unspecified atom stereocenters. The number of benzene rings is 1. The molecule has 0 bridgehead atoms. The summed E-state index contributed by atoms with van der Waals surface area (Å²) in [5.74, 6) is 1.15. The van der Waals surface area contributed by atoms with Crippen molar-refractivity contribution < 1.29 is 12.8 Å². The van der Waals surface area contributed by atoms with Gasteiger partial charge in [0.1, 0.15) is 10.5 Å². The van der Waals surface area contributed by atoms with E-state index in [0.717, 1.165) is 16.1 Å². The van der Waals surface area contributed by atoms with Gasteiger partial charge in [-0.3, -0.25) is 4.99 Å². The topological polar surface area (TPSA) is 99.8 Å². The molecular weight excluding hydrogens is 537 g/mol. The summed E-state index contributed by atoms with van der Waals surface area (Å²) in [4.78, 5) is 9.54. The third kappa shape index (κ3) is 6.03. The van der Waals surface area contributed by atoms with Gasteiger partial charge in [-0.2, -0.15) is 0 Å². The van der Waals surface area contributed by atoms with Crippen molar-refractivity contribution in [1.29, 1.82) is 0 Å². The second-order valence-corrected chi connectivity index (χ2v) is 9.84. The zero-order valence-corrected chi connectivity index (χ0v) is 20.8. The second-order valence-electron chi connectivity index (χ2n) is 6.30. The lowest BCUT2D eigenvalue weighted by Gasteiger charge is -2.10. The molecule has 30 heavy (non-hydrogen) atoms. The summed E-state index contributed by atoms with van der Waals surface area (Å²) < 4.78 is 31.4. The van der Waals surface area contributed by atoms with Gasteiger partial charge in [0.05, 0.1) is 18.8 Å². The molecule has 2 aromatic heterocycles. The highest BCUT2D eigenvalue weighted by Crippen LogP contribution is 2.23. The first-order chi connectivity index (χ1) is 13.9. The Hall–Kier alpha value is -1.96. The van der Waals surface area contributed by atoms with Crippen molar-refractivity contribution >= 4 is 51.3 Å². The first kappa shape index (κ1) is 24.3. The molecule has 0 aliphatic carbocycles. The van der Waals surface area contributed by atoms with Crippen molar-refractivity contribution in [3.05, 3.63) is 59.3 Å². The molecule has 0 radical (unpaired) electrons. The zero-order valence-electron chi connectivity index (χ0n) is 16.8. The van der Waals surface area contributed by atoms with Gasteiger partial charge in [0.15, 0.2) is 5.96 Å². The van der Waals surface area contributed by atoms with Gasteiger partial charge in [-0.1, -0.05) is 18.2 Å². The average Bonchev–Trinajstić information content (AvgIpc) is 3.39. The van der Waals surface area contributed by atoms with E-state index >= 15 is 0 Å². The molecule has 0 saturated carbocycles. The van der Waals surface area contributed by atoms with Crippen LogP contribution in [0.4, 0.5) is 0 Å². The lowest BCUT2D eigenvalue weighted by Crippen LogP contribution is -2.36. The number of rotatable bonds is 7. The molecule has 2 heterocycles. The molecule has 0 atom stereocenters. The van der Waals surface area contributed by atoms with Crippen LogP contribution in [-0.4, -0.2) is 44.8 Å². The summed E-state index contributed by atoms with van der Waals surface area (Å²) in [6.45, 7) is 0.905. The van der Waals surface area contributed by atoms with Crippen molar-refractivity contribution in [2.45, 2.75) is 17.3 Å². The van der Waals surface area contributed by atoms with Gasteiger partial charge in [-0.05, 0) is 24.3 Å². The molecule has 11 heteroatoms. The first-order valence-corrected chi connectivity index (χ1v) is 11.1. The Labute approximate surface area is 197 Å². The molecule has 0 aliphatic heterocycles. The summed E-state index contributed by atoms with van der Waals surface area (Å²) in [6.07, 6.45) is 1.61. The number of halogens is 1. The van der Waals surface area contributed by atoms with Gasteiger partial charge in [0.2, 0.25) is 5.89 Å². The number of oxazole rings is 1. The molecule has 0 fully saturated rings. The highest BCUT2D eigenvalue weighted by Gasteiger charge is 2.19. The summed E-state index contributed by atoms with van der Waals surface area (Å²) in [6, 6.07) is 13.1. The number of nitrogens with one attached hydrogen (secondary N) is 2. The molecule has 3 aromatic rings. The maximum atomic E-state index is 12.2. The molecule has 0 amide bonds. The summed E-state index contributed by atoms with van der Waals surface area (Å²) in [5, 5.41) is 6.34. The van der Waals surface area contributed by atoms with Gasteiger partial charge >= 0.3 is 0 Å². The first-order valence-electron chi connectivity index (χ1n) is 8.85. The summed E-state index contributed by atoms with van der Waals surface area (Å²) in [5.41, 5.74) is 1.67. The number of hydrogen-bond acceptors (Lipinski definition) is 6. The number of guanidine groups is 1. The Kier molecular flexibility index (Phi) is 8.82. The number of hydrogen-bond donors (Lipinski definition) is 2. The molecule has 1 aromatic carbocycles. The monoisotopic (exact) mass is 561 g/mol. The van der Waals surface area contributed by atoms with Gasteiger partial charge in [-0.15, -0.1) is 35.3 Å². The smallest absolute Gasteiger partial charge is 0.252 e. The van der Waals surface area contributed by atoms with Crippen molar-refractivity contribution in [3.63, 3.8) is 0 Å². The van der Waals surface area contributed by atoms with Crippen molar-refractivity contribution in [2.75, 3.05) is 21.1 Å². The fraction of sp³-hybridized carbons (Fsp3) is 0.263. The third-order valence-electron chi connectivity index (χ3n) is 4.04. The fourth-order valence-electron chi connectivity index (χ4n) is 2.44. The molecular formula is C19H24IN5O3S2. The van der Waals surface area contributed by atoms with Crippen LogP contribution in [0.25, 0.3) is 11.5 Å². The highest BCUT2D eigenvalue weighted by atomic mass is 127. The van der Waals surface area contributed by atoms with Crippen LogP contribution >= 0.6 is 35.3 Å². The number of nitrogens with zero attached hydrogens (tertiary/aromatic N) is 3. The molecule has 3 rings (SSSR count). The minimum absolute atomic E-state index is 0. The number of aromatic nitrogens is 1. The molecule has 0 saturated heterocycles. The number of thiophene rings is 1. The van der Waals surface area contributed by atoms with E-state index in [4.69, 9.17) is 4.42 Å². The van der Waals surface area contributed by atoms with E-state index in [9.17, 15) is 8.42 Å². The van der Waals surface area contributed by atoms with Gasteiger partial charge in [0.25, 0.3) is 10.0 Å². The summed E-state index contributed by atoms with van der Waals surface area (Å²) in [7, 11) is 1.30. The molecule has 0 spiro atoms. The van der Waals surface area contributed by atoms with Crippen LogP contribution in [0, 0.1) is 0 Å². The molecule has 0 aliphatic rings. The zero-order chi connectivity index (χ0) is 20.9. The molecule has 8 nitrogen and oxygen atoms in total. The predicted molar refractivity (Wildman–Crippen MR) is 130 cm³/mol. The largest absolute Gasteiger partial charge is 0.444 e. The highest BCUT2D eigenvalue weighted by molar-refractivity contribution is 14.0. The summed E-state index contributed by atoms with van der Waals surface area (Å²) >= 11 is 1.23. The van der Waals surface area contributed by atoms with Crippen molar-refractivity contribution in [3.8, 4) is 11.5 Å². The van der Waals surface area contributed by atoms with Crippen LogP contribution in [0.5, 0.6) is 0 Å². The number of aliphatic imine (C=N–C) groups is 1. The lowest BCUT2D eigenvalue weighted by atomic mass is 10.2. The van der Waals surface area contributed by atoms with Crippen LogP contribution in [-0.2, 0) is 23.1 Å². The van der Waals surface area contributed by atoms with E-state index in [1.807, 2.05) is 30.3 Å². The normalized spacial score (nSPS) is 11.9. The lowest BCUT2D eigenvalue weighted by molar-refractivity contribution is 0.523. The maximum absolute atomic E-state index is 12.2. The van der Waals surface area contributed by atoms with Crippen LogP contribution in [0.15, 0.2) is 62.3 Å². The Morgan fingerprint density at radius 3 is 2.50 bits per heavy atom. The van der Waals surface area contributed by atoms with Crippen LogP contribution in [0.3, 0.4) is 0 Å². The van der Waals surface area contributed by atoms with E-state index in [-0.39, 0.29) is 24.0 Å². The van der Waals surface area contributed by atoms with Crippen LogP contribution in [0.2, 0.25) is 0 Å². The van der Waals surface area contributed by atoms with Gasteiger partial charge in [-0.25, -0.2) is 17.7 Å². The quantitative estimate of drug-likeness (QED) is 0.261. The standard InChI is InChI=1S/C19H23N5O3S2.HI/c1-20-19(22-12-16-9-10-17(28-16)29(25,26)24(2)3)21-11-15-13-27-18(23-15)14-7-5-4-6-8-14;/h4-10,13H,11-12H2,1-3H3,(H2,20,21,22);1H. The Morgan fingerprint density at radius 2 is 1.83 bits per heavy atom. The van der Waals surface area contributed by atoms with E-state index in [1.165, 1.54) is 29.7 Å². The van der Waals surface area contributed by atoms with Crippen molar-refractivity contribution in [2.24, 2.45) is 4.99 Å². The maximum Gasteiger partial charge on any atom is 0.252 e. The molecule has 162 valence electrons. The minimum Gasteiger partial charge on any atom is -0.444 e. The third-order valence-corrected chi connectivity index (χ3v) is 7.40.